The minimum absolute atomic E-state index is 0. The molecule has 1 aromatic rings. The van der Waals surface area contributed by atoms with Crippen molar-refractivity contribution >= 4 is 29.9 Å². The smallest absolute Gasteiger partial charge is 0.191 e. The van der Waals surface area contributed by atoms with E-state index in [1.807, 2.05) is 25.1 Å². The number of nitrogens with one attached hydrogen (secondary N) is 2. The number of nitrogens with zero attached hydrogens (tertiary/aromatic N) is 2. The molecular formula is C22H37IN4O2. The number of ether oxygens (including phenoxy) is 2. The highest BCUT2D eigenvalue weighted by Gasteiger charge is 2.39. The largest absolute Gasteiger partial charge is 0.494 e. The van der Waals surface area contributed by atoms with Gasteiger partial charge < -0.3 is 20.1 Å². The van der Waals surface area contributed by atoms with Gasteiger partial charge in [0.25, 0.3) is 0 Å². The van der Waals surface area contributed by atoms with E-state index in [4.69, 9.17) is 14.5 Å². The lowest BCUT2D eigenvalue weighted by Gasteiger charge is -2.45. The Hall–Kier alpha value is -1.06. The highest BCUT2D eigenvalue weighted by atomic mass is 127. The van der Waals surface area contributed by atoms with Crippen LogP contribution in [0.3, 0.4) is 0 Å². The molecule has 0 saturated carbocycles. The molecule has 164 valence electrons. The summed E-state index contributed by atoms with van der Waals surface area (Å²) in [5.74, 6) is 1.79. The Morgan fingerprint density at radius 1 is 1.14 bits per heavy atom. The van der Waals surface area contributed by atoms with E-state index in [-0.39, 0.29) is 29.5 Å². The molecule has 2 aliphatic heterocycles. The van der Waals surface area contributed by atoms with Crippen LogP contribution < -0.4 is 15.4 Å². The van der Waals surface area contributed by atoms with Crippen LogP contribution in [0.1, 0.15) is 45.1 Å². The van der Waals surface area contributed by atoms with Gasteiger partial charge in [0.1, 0.15) is 5.75 Å². The normalized spacial score (nSPS) is 19.4. The summed E-state index contributed by atoms with van der Waals surface area (Å²) in [5, 5.41) is 7.03. The Morgan fingerprint density at radius 3 is 2.55 bits per heavy atom. The first kappa shape index (κ1) is 24.2. The molecule has 0 amide bonds. The van der Waals surface area contributed by atoms with E-state index in [2.05, 4.69) is 28.5 Å². The molecule has 2 N–H and O–H groups in total. The van der Waals surface area contributed by atoms with Gasteiger partial charge in [-0.3, -0.25) is 4.90 Å². The first-order valence-electron chi connectivity index (χ1n) is 10.8. The van der Waals surface area contributed by atoms with Crippen molar-refractivity contribution in [2.24, 2.45) is 4.99 Å². The highest BCUT2D eigenvalue weighted by Crippen LogP contribution is 2.30. The third kappa shape index (κ3) is 6.72. The van der Waals surface area contributed by atoms with Crippen LogP contribution in [-0.2, 0) is 11.3 Å². The van der Waals surface area contributed by atoms with E-state index >= 15 is 0 Å². The topological polar surface area (TPSA) is 58.1 Å². The fourth-order valence-electron chi connectivity index (χ4n) is 4.23. The van der Waals surface area contributed by atoms with Crippen molar-refractivity contribution < 1.29 is 9.47 Å². The second-order valence-corrected chi connectivity index (χ2v) is 7.62. The molecule has 2 aliphatic rings. The number of rotatable bonds is 8. The van der Waals surface area contributed by atoms with Gasteiger partial charge in [-0.25, -0.2) is 4.99 Å². The Morgan fingerprint density at radius 2 is 1.86 bits per heavy atom. The molecule has 6 nitrogen and oxygen atoms in total. The van der Waals surface area contributed by atoms with Crippen LogP contribution in [0.2, 0.25) is 0 Å². The van der Waals surface area contributed by atoms with E-state index in [1.165, 1.54) is 25.9 Å². The minimum Gasteiger partial charge on any atom is -0.494 e. The number of hydrogen-bond acceptors (Lipinski definition) is 4. The highest BCUT2D eigenvalue weighted by molar-refractivity contribution is 14.0. The van der Waals surface area contributed by atoms with E-state index < -0.39 is 0 Å². The van der Waals surface area contributed by atoms with E-state index in [0.717, 1.165) is 56.4 Å². The molecular weight excluding hydrogens is 479 g/mol. The predicted octanol–water partition coefficient (Wildman–Crippen LogP) is 3.40. The van der Waals surface area contributed by atoms with E-state index in [1.54, 1.807) is 0 Å². The van der Waals surface area contributed by atoms with Crippen LogP contribution in [0.5, 0.6) is 5.75 Å². The molecule has 2 saturated heterocycles. The Labute approximate surface area is 192 Å². The van der Waals surface area contributed by atoms with Gasteiger partial charge in [-0.2, -0.15) is 0 Å². The average molecular weight is 516 g/mol. The molecule has 0 aliphatic carbocycles. The molecule has 0 aromatic heterocycles. The maximum Gasteiger partial charge on any atom is 0.191 e. The van der Waals surface area contributed by atoms with Crippen molar-refractivity contribution in [2.45, 2.75) is 51.6 Å². The number of para-hydroxylation sites is 1. The average Bonchev–Trinajstić information content (AvgIpc) is 3.28. The van der Waals surface area contributed by atoms with Gasteiger partial charge in [0.2, 0.25) is 0 Å². The van der Waals surface area contributed by atoms with Crippen molar-refractivity contribution in [1.82, 2.24) is 15.5 Å². The molecule has 29 heavy (non-hydrogen) atoms. The minimum atomic E-state index is 0. The van der Waals surface area contributed by atoms with Gasteiger partial charge in [0, 0.05) is 37.4 Å². The molecule has 0 spiro atoms. The summed E-state index contributed by atoms with van der Waals surface area (Å²) in [6.07, 6.45) is 4.80. The molecule has 2 heterocycles. The van der Waals surface area contributed by atoms with Crippen LogP contribution in [0.15, 0.2) is 29.3 Å². The summed E-state index contributed by atoms with van der Waals surface area (Å²) < 4.78 is 11.4. The van der Waals surface area contributed by atoms with Crippen LogP contribution in [0.25, 0.3) is 0 Å². The van der Waals surface area contributed by atoms with Crippen molar-refractivity contribution in [3.63, 3.8) is 0 Å². The fraction of sp³-hybridized carbons (Fsp3) is 0.682. The zero-order valence-electron chi connectivity index (χ0n) is 17.9. The van der Waals surface area contributed by atoms with Crippen LogP contribution >= 0.6 is 24.0 Å². The predicted molar refractivity (Wildman–Crippen MR) is 129 cm³/mol. The monoisotopic (exact) mass is 516 g/mol. The maximum absolute atomic E-state index is 5.74. The van der Waals surface area contributed by atoms with Crippen molar-refractivity contribution in [1.29, 1.82) is 0 Å². The van der Waals surface area contributed by atoms with Crippen LogP contribution in [0.4, 0.5) is 0 Å². The lowest BCUT2D eigenvalue weighted by atomic mass is 9.88. The third-order valence-corrected chi connectivity index (χ3v) is 5.81. The van der Waals surface area contributed by atoms with Crippen molar-refractivity contribution in [2.75, 3.05) is 46.0 Å². The molecule has 2 fully saturated rings. The number of aliphatic imine (C=N–C) groups is 1. The molecule has 1 aromatic carbocycles. The second kappa shape index (κ2) is 12.6. The number of guanidine groups is 1. The number of likely N-dealkylation sites (tertiary alicyclic amines) is 1. The van der Waals surface area contributed by atoms with Gasteiger partial charge in [0.15, 0.2) is 5.96 Å². The molecule has 0 bridgehead atoms. The zero-order chi connectivity index (χ0) is 19.7. The second-order valence-electron chi connectivity index (χ2n) is 7.62. The molecule has 0 radical (unpaired) electrons. The zero-order valence-corrected chi connectivity index (χ0v) is 20.2. The van der Waals surface area contributed by atoms with Gasteiger partial charge in [-0.1, -0.05) is 18.2 Å². The number of benzene rings is 1. The van der Waals surface area contributed by atoms with Crippen molar-refractivity contribution in [3.8, 4) is 5.75 Å². The summed E-state index contributed by atoms with van der Waals surface area (Å²) in [7, 11) is 0. The summed E-state index contributed by atoms with van der Waals surface area (Å²) in [4.78, 5) is 7.51. The van der Waals surface area contributed by atoms with Crippen molar-refractivity contribution in [3.05, 3.63) is 29.8 Å². The Bertz CT molecular complexity index is 629. The van der Waals surface area contributed by atoms with Gasteiger partial charge in [-0.05, 0) is 58.7 Å². The number of hydrogen-bond donors (Lipinski definition) is 2. The summed E-state index contributed by atoms with van der Waals surface area (Å²) in [6.45, 7) is 11.3. The lowest BCUT2D eigenvalue weighted by molar-refractivity contribution is -0.0164. The van der Waals surface area contributed by atoms with E-state index in [0.29, 0.717) is 13.2 Å². The maximum atomic E-state index is 5.74. The Balaban J connectivity index is 0.00000300. The summed E-state index contributed by atoms with van der Waals surface area (Å²) in [6, 6.07) is 8.14. The number of halogens is 1. The van der Waals surface area contributed by atoms with E-state index in [9.17, 15) is 0 Å². The fourth-order valence-corrected chi connectivity index (χ4v) is 4.23. The van der Waals surface area contributed by atoms with Gasteiger partial charge in [0.05, 0.1) is 13.2 Å². The summed E-state index contributed by atoms with van der Waals surface area (Å²) in [5.41, 5.74) is 1.30. The molecule has 7 heteroatoms. The Kier molecular flexibility index (Phi) is 10.5. The molecule has 0 atom stereocenters. The van der Waals surface area contributed by atoms with Crippen LogP contribution in [-0.4, -0.2) is 62.4 Å². The van der Waals surface area contributed by atoms with Crippen LogP contribution in [0, 0.1) is 0 Å². The van der Waals surface area contributed by atoms with Gasteiger partial charge >= 0.3 is 0 Å². The third-order valence-electron chi connectivity index (χ3n) is 5.81. The first-order valence-corrected chi connectivity index (χ1v) is 10.8. The standard InChI is InChI=1S/C22H36N4O2.HI/c1-3-23-21(24-17-19-9-5-6-10-20(19)28-4-2)25-18-22(11-15-27-16-12-22)26-13-7-8-14-26;/h5-6,9-10H,3-4,7-8,11-18H2,1-2H3,(H2,23,24,25);1H. The SMILES string of the molecule is CCNC(=NCc1ccccc1OCC)NCC1(N2CCCC2)CCOCC1.I. The first-order chi connectivity index (χ1) is 13.8. The molecule has 0 unspecified atom stereocenters. The summed E-state index contributed by atoms with van der Waals surface area (Å²) >= 11 is 0. The van der Waals surface area contributed by atoms with Gasteiger partial charge in [-0.15, -0.1) is 24.0 Å². The molecule has 3 rings (SSSR count). The quantitative estimate of drug-likeness (QED) is 0.315. The lowest BCUT2D eigenvalue weighted by Crippen LogP contribution is -2.58.